The van der Waals surface area contributed by atoms with Gasteiger partial charge in [0.15, 0.2) is 6.10 Å². The second-order valence-electron chi connectivity index (χ2n) is 23.4. The van der Waals surface area contributed by atoms with Gasteiger partial charge < -0.3 is 14.2 Å². The lowest BCUT2D eigenvalue weighted by Crippen LogP contribution is -2.30. The van der Waals surface area contributed by atoms with Crippen LogP contribution in [0.2, 0.25) is 0 Å². The standard InChI is InChI=1S/C77H132O6/c1-4-7-10-13-16-19-22-25-27-29-31-33-35-37-38-40-41-43-45-47-49-52-55-58-61-64-67-70-76(79)82-73-74(72-81-75(78)69-66-63-60-57-54-51-24-21-18-15-12-9-6-3)83-77(80)71-68-65-62-59-56-53-50-48-46-44-42-39-36-34-32-30-28-26-23-20-17-14-11-8-5-2/h8-9,11-12,17-18,20-21,26,28,32,34,39,42,46,48,51,54,74H,4-7,10,13-16,19,22-25,27,29-31,33,35-38,40-41,43-45,47,49-50,52-53,55-73H2,1-3H3/b11-8-,12-9-,20-17-,21-18-,28-26-,34-32-,42-39-,48-46-,54-51-. The number of unbranched alkanes of at least 4 members (excludes halogenated alkanes) is 35. The van der Waals surface area contributed by atoms with Crippen LogP contribution in [-0.2, 0) is 28.6 Å². The average molecular weight is 1150 g/mol. The summed E-state index contributed by atoms with van der Waals surface area (Å²) in [5.41, 5.74) is 0. The SMILES string of the molecule is CC/C=C\C/C=C\C/C=C\C/C=C\C/C=C\C/C=C\CCCCCCCCC(=O)OC(COC(=O)CCCCC/C=C\C/C=C\C/C=C\CC)COC(=O)CCCCCCCCCCCCCCCCCCCCCCCCCCCCC. The van der Waals surface area contributed by atoms with Crippen molar-refractivity contribution in [1.82, 2.24) is 0 Å². The smallest absolute Gasteiger partial charge is 0.306 e. The fourth-order valence-electron chi connectivity index (χ4n) is 10.1. The van der Waals surface area contributed by atoms with Crippen molar-refractivity contribution in [3.8, 4) is 0 Å². The largest absolute Gasteiger partial charge is 0.462 e. The molecule has 6 heteroatoms. The first-order valence-electron chi connectivity index (χ1n) is 35.4. The molecule has 0 aliphatic heterocycles. The van der Waals surface area contributed by atoms with Crippen LogP contribution < -0.4 is 0 Å². The maximum Gasteiger partial charge on any atom is 0.306 e. The molecule has 476 valence electrons. The number of esters is 3. The lowest BCUT2D eigenvalue weighted by atomic mass is 10.0. The van der Waals surface area contributed by atoms with Gasteiger partial charge in [-0.25, -0.2) is 0 Å². The summed E-state index contributed by atoms with van der Waals surface area (Å²) in [6.07, 6.45) is 97.0. The Morgan fingerprint density at radius 2 is 0.470 bits per heavy atom. The molecule has 0 heterocycles. The third-order valence-corrected chi connectivity index (χ3v) is 15.3. The maximum atomic E-state index is 12.9. The predicted octanol–water partition coefficient (Wildman–Crippen LogP) is 24.6. The van der Waals surface area contributed by atoms with E-state index >= 15 is 0 Å². The van der Waals surface area contributed by atoms with Gasteiger partial charge in [-0.15, -0.1) is 0 Å². The van der Waals surface area contributed by atoms with Gasteiger partial charge in [-0.1, -0.05) is 329 Å². The molecule has 0 rings (SSSR count). The molecule has 0 amide bonds. The zero-order valence-corrected chi connectivity index (χ0v) is 54.7. The number of carbonyl (C=O) groups excluding carboxylic acids is 3. The zero-order chi connectivity index (χ0) is 59.9. The number of hydrogen-bond acceptors (Lipinski definition) is 6. The van der Waals surface area contributed by atoms with Crippen molar-refractivity contribution >= 4 is 17.9 Å². The summed E-state index contributed by atoms with van der Waals surface area (Å²) < 4.78 is 16.9. The van der Waals surface area contributed by atoms with Crippen molar-refractivity contribution < 1.29 is 28.6 Å². The Morgan fingerprint density at radius 3 is 0.747 bits per heavy atom. The van der Waals surface area contributed by atoms with Gasteiger partial charge in [0, 0.05) is 19.3 Å². The average Bonchev–Trinajstić information content (AvgIpc) is 3.49. The Kier molecular flexibility index (Phi) is 67.2. The van der Waals surface area contributed by atoms with E-state index in [1.165, 1.54) is 167 Å². The van der Waals surface area contributed by atoms with Crippen molar-refractivity contribution in [2.75, 3.05) is 13.2 Å². The summed E-state index contributed by atoms with van der Waals surface area (Å²) in [6, 6.07) is 0. The normalized spacial score (nSPS) is 12.8. The van der Waals surface area contributed by atoms with Crippen molar-refractivity contribution in [3.05, 3.63) is 109 Å². The number of carbonyl (C=O) groups is 3. The zero-order valence-electron chi connectivity index (χ0n) is 54.7. The molecule has 1 atom stereocenters. The molecule has 0 spiro atoms. The number of hydrogen-bond donors (Lipinski definition) is 0. The first kappa shape index (κ1) is 79.1. The topological polar surface area (TPSA) is 78.9 Å². The Labute approximate surface area is 514 Å². The van der Waals surface area contributed by atoms with E-state index in [1.807, 2.05) is 0 Å². The van der Waals surface area contributed by atoms with Gasteiger partial charge in [0.1, 0.15) is 13.2 Å². The van der Waals surface area contributed by atoms with E-state index in [2.05, 4.69) is 130 Å². The quantitative estimate of drug-likeness (QED) is 0.0261. The lowest BCUT2D eigenvalue weighted by molar-refractivity contribution is -0.167. The first-order valence-corrected chi connectivity index (χ1v) is 35.4. The number of rotatable bonds is 64. The molecule has 0 fully saturated rings. The van der Waals surface area contributed by atoms with E-state index in [4.69, 9.17) is 14.2 Å². The van der Waals surface area contributed by atoms with Crippen LogP contribution in [-0.4, -0.2) is 37.2 Å². The van der Waals surface area contributed by atoms with E-state index < -0.39 is 6.10 Å². The summed E-state index contributed by atoms with van der Waals surface area (Å²) in [6.45, 7) is 6.41. The van der Waals surface area contributed by atoms with Gasteiger partial charge in [0.05, 0.1) is 0 Å². The molecule has 0 bridgehead atoms. The molecule has 0 aliphatic carbocycles. The minimum Gasteiger partial charge on any atom is -0.462 e. The molecule has 0 radical (unpaired) electrons. The second kappa shape index (κ2) is 70.6. The number of allylic oxidation sites excluding steroid dienone is 18. The van der Waals surface area contributed by atoms with Gasteiger partial charge in [0.25, 0.3) is 0 Å². The Balaban J connectivity index is 4.30. The minimum absolute atomic E-state index is 0.0922. The van der Waals surface area contributed by atoms with Crippen molar-refractivity contribution in [3.63, 3.8) is 0 Å². The maximum absolute atomic E-state index is 12.9. The fourth-order valence-corrected chi connectivity index (χ4v) is 10.1. The van der Waals surface area contributed by atoms with E-state index in [-0.39, 0.29) is 31.1 Å². The van der Waals surface area contributed by atoms with Crippen molar-refractivity contribution in [2.45, 2.75) is 348 Å². The molecule has 0 aliphatic rings. The van der Waals surface area contributed by atoms with Crippen molar-refractivity contribution in [2.24, 2.45) is 0 Å². The predicted molar refractivity (Wildman–Crippen MR) is 362 cm³/mol. The minimum atomic E-state index is -0.801. The third kappa shape index (κ3) is 68.7. The van der Waals surface area contributed by atoms with Crippen LogP contribution in [0.25, 0.3) is 0 Å². The van der Waals surface area contributed by atoms with Gasteiger partial charge >= 0.3 is 17.9 Å². The van der Waals surface area contributed by atoms with Crippen LogP contribution in [0, 0.1) is 0 Å². The van der Waals surface area contributed by atoms with Gasteiger partial charge in [-0.05, 0) is 103 Å². The lowest BCUT2D eigenvalue weighted by Gasteiger charge is -2.18. The summed E-state index contributed by atoms with van der Waals surface area (Å²) in [5, 5.41) is 0. The molecular formula is C77H132O6. The van der Waals surface area contributed by atoms with E-state index in [0.29, 0.717) is 19.3 Å². The number of ether oxygens (including phenoxy) is 3. The highest BCUT2D eigenvalue weighted by Gasteiger charge is 2.19. The van der Waals surface area contributed by atoms with Gasteiger partial charge in [-0.2, -0.15) is 0 Å². The summed E-state index contributed by atoms with van der Waals surface area (Å²) in [5.74, 6) is -0.925. The summed E-state index contributed by atoms with van der Waals surface area (Å²) >= 11 is 0. The molecule has 0 N–H and O–H groups in total. The Hall–Kier alpha value is -3.93. The van der Waals surface area contributed by atoms with E-state index in [9.17, 15) is 14.4 Å². The molecule has 1 unspecified atom stereocenters. The Morgan fingerprint density at radius 1 is 0.253 bits per heavy atom. The molecule has 0 aromatic rings. The van der Waals surface area contributed by atoms with Crippen LogP contribution in [0.4, 0.5) is 0 Å². The molecule has 6 nitrogen and oxygen atoms in total. The Bertz CT molecular complexity index is 1660. The van der Waals surface area contributed by atoms with Crippen LogP contribution in [0.3, 0.4) is 0 Å². The van der Waals surface area contributed by atoms with E-state index in [0.717, 1.165) is 135 Å². The molecular weight excluding hydrogens is 1020 g/mol. The molecule has 0 saturated carbocycles. The highest BCUT2D eigenvalue weighted by Crippen LogP contribution is 2.18. The molecule has 0 saturated heterocycles. The van der Waals surface area contributed by atoms with Crippen LogP contribution >= 0.6 is 0 Å². The molecule has 0 aromatic heterocycles. The van der Waals surface area contributed by atoms with Crippen LogP contribution in [0.5, 0.6) is 0 Å². The van der Waals surface area contributed by atoms with Gasteiger partial charge in [-0.3, -0.25) is 14.4 Å². The van der Waals surface area contributed by atoms with Gasteiger partial charge in [0.2, 0.25) is 0 Å². The first-order chi connectivity index (χ1) is 41.0. The highest BCUT2D eigenvalue weighted by atomic mass is 16.6. The van der Waals surface area contributed by atoms with Crippen molar-refractivity contribution in [1.29, 1.82) is 0 Å². The molecule has 0 aromatic carbocycles. The fraction of sp³-hybridized carbons (Fsp3) is 0.727. The van der Waals surface area contributed by atoms with Crippen LogP contribution in [0.15, 0.2) is 109 Å². The summed E-state index contributed by atoms with van der Waals surface area (Å²) in [4.78, 5) is 38.4. The molecule has 83 heavy (non-hydrogen) atoms. The summed E-state index contributed by atoms with van der Waals surface area (Å²) in [7, 11) is 0. The highest BCUT2D eigenvalue weighted by molar-refractivity contribution is 5.71. The second-order valence-corrected chi connectivity index (χ2v) is 23.4. The van der Waals surface area contributed by atoms with E-state index in [1.54, 1.807) is 0 Å². The third-order valence-electron chi connectivity index (χ3n) is 15.3. The van der Waals surface area contributed by atoms with Crippen LogP contribution in [0.1, 0.15) is 342 Å². The monoisotopic (exact) mass is 1150 g/mol.